The van der Waals surface area contributed by atoms with Crippen molar-refractivity contribution in [1.82, 2.24) is 26.4 Å². The predicted octanol–water partition coefficient (Wildman–Crippen LogP) is 1.19. The Morgan fingerprint density at radius 3 is 2.74 bits per heavy atom. The molecule has 1 aliphatic carbocycles. The average molecular weight is 376 g/mol. The van der Waals surface area contributed by atoms with Gasteiger partial charge in [0.25, 0.3) is 0 Å². The number of hydrazine groups is 1. The molecule has 0 bridgehead atoms. The van der Waals surface area contributed by atoms with Crippen molar-refractivity contribution in [3.63, 3.8) is 0 Å². The van der Waals surface area contributed by atoms with E-state index in [0.29, 0.717) is 30.0 Å². The van der Waals surface area contributed by atoms with Gasteiger partial charge < -0.3 is 10.6 Å². The molecule has 1 saturated carbocycles. The van der Waals surface area contributed by atoms with E-state index in [4.69, 9.17) is 0 Å². The molecule has 0 aromatic carbocycles. The summed E-state index contributed by atoms with van der Waals surface area (Å²) in [6.45, 7) is 7.68. The first-order valence-electron chi connectivity index (χ1n) is 11.4. The van der Waals surface area contributed by atoms with Crippen molar-refractivity contribution in [1.29, 1.82) is 0 Å². The lowest BCUT2D eigenvalue weighted by atomic mass is 9.62. The molecule has 5 aliphatic rings. The predicted molar refractivity (Wildman–Crippen MR) is 106 cm³/mol. The minimum absolute atomic E-state index is 0.159. The number of carbonyl (C=O) groups excluding carboxylic acids is 1. The van der Waals surface area contributed by atoms with E-state index < -0.39 is 0 Å². The summed E-state index contributed by atoms with van der Waals surface area (Å²) in [5.74, 6) is 1.98. The van der Waals surface area contributed by atoms with Crippen molar-refractivity contribution in [3.05, 3.63) is 0 Å². The van der Waals surface area contributed by atoms with Crippen LogP contribution in [0.5, 0.6) is 0 Å². The number of fused-ring (bicyclic) bond motifs is 2. The van der Waals surface area contributed by atoms with Gasteiger partial charge in [-0.1, -0.05) is 26.7 Å². The van der Waals surface area contributed by atoms with Crippen LogP contribution in [-0.2, 0) is 4.79 Å². The third-order valence-corrected chi connectivity index (χ3v) is 8.73. The fourth-order valence-corrected chi connectivity index (χ4v) is 7.13. The zero-order chi connectivity index (χ0) is 18.6. The first-order chi connectivity index (χ1) is 13.1. The highest BCUT2D eigenvalue weighted by atomic mass is 16.2. The molecule has 4 saturated heterocycles. The van der Waals surface area contributed by atoms with Crippen LogP contribution in [0.1, 0.15) is 58.8 Å². The monoisotopic (exact) mass is 375 g/mol. The Morgan fingerprint density at radius 1 is 1.11 bits per heavy atom. The second kappa shape index (κ2) is 6.97. The molecule has 8 atom stereocenters. The Labute approximate surface area is 163 Å². The molecule has 0 aromatic heterocycles. The van der Waals surface area contributed by atoms with Crippen molar-refractivity contribution >= 4 is 5.91 Å². The van der Waals surface area contributed by atoms with Gasteiger partial charge in [0.05, 0.1) is 11.6 Å². The first kappa shape index (κ1) is 18.3. The summed E-state index contributed by atoms with van der Waals surface area (Å²) in [6, 6.07) is 1.86. The van der Waals surface area contributed by atoms with Crippen LogP contribution in [0.15, 0.2) is 0 Å². The third kappa shape index (κ3) is 2.78. The number of hydrogen-bond donors (Lipinski definition) is 4. The standard InChI is InChI=1S/C21H37N5O/c1-3-21(2)17-15(9-11-23-19(17)24-20(21)27)18-14-6-4-5-7-16(14)26(25-18)13-8-10-22-12-13/h13-19,22-23,25H,3-12H2,1-2H3,(H,24,27)/t13-,14?,15?,16?,17?,18?,19?,21?/m0/s1. The highest BCUT2D eigenvalue weighted by Crippen LogP contribution is 2.50. The van der Waals surface area contributed by atoms with Crippen LogP contribution in [-0.4, -0.2) is 54.8 Å². The molecule has 1 amide bonds. The van der Waals surface area contributed by atoms with E-state index in [1.54, 1.807) is 0 Å². The van der Waals surface area contributed by atoms with Gasteiger partial charge in [-0.15, -0.1) is 0 Å². The molecule has 6 heteroatoms. The van der Waals surface area contributed by atoms with E-state index in [2.05, 4.69) is 40.2 Å². The lowest BCUT2D eigenvalue weighted by Crippen LogP contribution is -2.57. The smallest absolute Gasteiger partial charge is 0.227 e. The van der Waals surface area contributed by atoms with Gasteiger partial charge in [0, 0.05) is 30.6 Å². The van der Waals surface area contributed by atoms with Crippen LogP contribution in [0.4, 0.5) is 0 Å². The lowest BCUT2D eigenvalue weighted by molar-refractivity contribution is -0.129. The minimum Gasteiger partial charge on any atom is -0.340 e. The number of piperidine rings is 1. The summed E-state index contributed by atoms with van der Waals surface area (Å²) in [7, 11) is 0. The molecule has 0 spiro atoms. The van der Waals surface area contributed by atoms with Crippen LogP contribution in [0.25, 0.3) is 0 Å². The molecule has 5 fully saturated rings. The van der Waals surface area contributed by atoms with Gasteiger partial charge in [0.1, 0.15) is 0 Å². The maximum Gasteiger partial charge on any atom is 0.227 e. The van der Waals surface area contributed by atoms with Gasteiger partial charge in [-0.2, -0.15) is 0 Å². The van der Waals surface area contributed by atoms with Crippen molar-refractivity contribution < 1.29 is 4.79 Å². The fraction of sp³-hybridized carbons (Fsp3) is 0.952. The number of hydrogen-bond acceptors (Lipinski definition) is 5. The Morgan fingerprint density at radius 2 is 1.96 bits per heavy atom. The van der Waals surface area contributed by atoms with Gasteiger partial charge >= 0.3 is 0 Å². The van der Waals surface area contributed by atoms with Crippen molar-refractivity contribution in [2.75, 3.05) is 19.6 Å². The molecule has 7 unspecified atom stereocenters. The van der Waals surface area contributed by atoms with E-state index in [0.717, 1.165) is 32.0 Å². The number of amides is 1. The van der Waals surface area contributed by atoms with E-state index in [1.807, 2.05) is 0 Å². The van der Waals surface area contributed by atoms with Gasteiger partial charge in [-0.25, -0.2) is 5.01 Å². The maximum absolute atomic E-state index is 12.8. The molecule has 4 heterocycles. The molecule has 152 valence electrons. The van der Waals surface area contributed by atoms with Gasteiger partial charge in [-0.05, 0) is 57.0 Å². The van der Waals surface area contributed by atoms with Gasteiger partial charge in [0.2, 0.25) is 5.91 Å². The molecule has 0 aromatic rings. The van der Waals surface area contributed by atoms with E-state index in [-0.39, 0.29) is 17.5 Å². The summed E-state index contributed by atoms with van der Waals surface area (Å²) in [5, 5.41) is 13.1. The maximum atomic E-state index is 12.8. The molecular formula is C21H37N5O. The summed E-state index contributed by atoms with van der Waals surface area (Å²) >= 11 is 0. The Kier molecular flexibility index (Phi) is 4.74. The number of nitrogens with zero attached hydrogens (tertiary/aromatic N) is 1. The van der Waals surface area contributed by atoms with E-state index >= 15 is 0 Å². The Balaban J connectivity index is 1.44. The van der Waals surface area contributed by atoms with Crippen LogP contribution in [0, 0.1) is 23.2 Å². The molecule has 6 nitrogen and oxygen atoms in total. The summed E-state index contributed by atoms with van der Waals surface area (Å²) in [4.78, 5) is 12.8. The number of nitrogens with one attached hydrogen (secondary N) is 4. The minimum atomic E-state index is -0.239. The highest BCUT2D eigenvalue weighted by molar-refractivity contribution is 5.85. The summed E-state index contributed by atoms with van der Waals surface area (Å²) in [6.07, 6.45) is 8.96. The zero-order valence-electron chi connectivity index (χ0n) is 17.0. The molecule has 0 radical (unpaired) electrons. The summed E-state index contributed by atoms with van der Waals surface area (Å²) in [5.41, 5.74) is 3.82. The quantitative estimate of drug-likeness (QED) is 0.597. The highest BCUT2D eigenvalue weighted by Gasteiger charge is 2.59. The number of carbonyl (C=O) groups is 1. The average Bonchev–Trinajstić information content (AvgIpc) is 3.39. The second-order valence-electron chi connectivity index (χ2n) is 9.88. The zero-order valence-corrected chi connectivity index (χ0v) is 17.0. The second-order valence-corrected chi connectivity index (χ2v) is 9.88. The van der Waals surface area contributed by atoms with Gasteiger partial charge in [0.15, 0.2) is 0 Å². The molecule has 5 rings (SSSR count). The fourth-order valence-electron chi connectivity index (χ4n) is 7.13. The normalized spacial score (nSPS) is 50.4. The number of rotatable bonds is 3. The first-order valence-corrected chi connectivity index (χ1v) is 11.4. The van der Waals surface area contributed by atoms with Crippen LogP contribution < -0.4 is 21.4 Å². The topological polar surface area (TPSA) is 68.4 Å². The van der Waals surface area contributed by atoms with Crippen molar-refractivity contribution in [3.8, 4) is 0 Å². The van der Waals surface area contributed by atoms with Crippen LogP contribution in [0.3, 0.4) is 0 Å². The largest absolute Gasteiger partial charge is 0.340 e. The SMILES string of the molecule is CCC1(C)C(=O)NC2NCCC(C3NN([C@H]4CCNC4)C4CCCCC34)C21. The van der Waals surface area contributed by atoms with E-state index in [9.17, 15) is 4.79 Å². The van der Waals surface area contributed by atoms with Crippen LogP contribution in [0.2, 0.25) is 0 Å². The molecule has 4 aliphatic heterocycles. The molecule has 4 N–H and O–H groups in total. The van der Waals surface area contributed by atoms with Crippen LogP contribution >= 0.6 is 0 Å². The van der Waals surface area contributed by atoms with Crippen molar-refractivity contribution in [2.45, 2.75) is 83.1 Å². The lowest BCUT2D eigenvalue weighted by Gasteiger charge is -2.44. The van der Waals surface area contributed by atoms with Crippen molar-refractivity contribution in [2.24, 2.45) is 23.2 Å². The van der Waals surface area contributed by atoms with Gasteiger partial charge in [-0.3, -0.25) is 15.5 Å². The van der Waals surface area contributed by atoms with E-state index in [1.165, 1.54) is 38.5 Å². The third-order valence-electron chi connectivity index (χ3n) is 8.73. The Bertz CT molecular complexity index is 579. The summed E-state index contributed by atoms with van der Waals surface area (Å²) < 4.78 is 0. The Hall–Kier alpha value is -0.690. The molecule has 27 heavy (non-hydrogen) atoms. The molecular weight excluding hydrogens is 338 g/mol.